The number of rotatable bonds is 7. The minimum absolute atomic E-state index is 0.169. The number of likely N-dealkylation sites (tertiary alicyclic amines) is 1. The van der Waals surface area contributed by atoms with Gasteiger partial charge < -0.3 is 20.4 Å². The van der Waals surface area contributed by atoms with Crippen LogP contribution in [0.5, 0.6) is 0 Å². The topological polar surface area (TPSA) is 103 Å². The minimum Gasteiger partial charge on any atom is -0.380 e. The summed E-state index contributed by atoms with van der Waals surface area (Å²) in [6.45, 7) is 0.891. The molecule has 0 aromatic carbocycles. The molecule has 8 heteroatoms. The number of pyridine rings is 1. The standard InChI is InChI=1S/C19H25N3O4S/c23-16(18(25)21-10-7-14-3-2-12-27-14)17(24)19(26)22-11-1-4-15(22)13-5-8-20-9-6-13/h2,5-6,8-9,12,14-17,23-24H,1,3-4,7,10-11H2,(H,21,25)/t14?,15?,16-,17-/m1/s1. The highest BCUT2D eigenvalue weighted by molar-refractivity contribution is 8.03. The highest BCUT2D eigenvalue weighted by Crippen LogP contribution is 2.32. The number of aliphatic hydroxyl groups excluding tert-OH is 2. The Bertz CT molecular complexity index is 677. The van der Waals surface area contributed by atoms with Gasteiger partial charge in [-0.05, 0) is 48.8 Å². The molecule has 27 heavy (non-hydrogen) atoms. The maximum atomic E-state index is 12.7. The van der Waals surface area contributed by atoms with Crippen LogP contribution in [0.15, 0.2) is 36.0 Å². The third kappa shape index (κ3) is 4.88. The van der Waals surface area contributed by atoms with Gasteiger partial charge in [0.1, 0.15) is 0 Å². The summed E-state index contributed by atoms with van der Waals surface area (Å²) in [6, 6.07) is 3.50. The average molecular weight is 391 g/mol. The number of allylic oxidation sites excluding steroid dienone is 1. The largest absolute Gasteiger partial charge is 0.380 e. The maximum Gasteiger partial charge on any atom is 0.255 e. The smallest absolute Gasteiger partial charge is 0.255 e. The van der Waals surface area contributed by atoms with Crippen molar-refractivity contribution < 1.29 is 19.8 Å². The molecule has 146 valence electrons. The average Bonchev–Trinajstić information content (AvgIpc) is 3.38. The number of aromatic nitrogens is 1. The van der Waals surface area contributed by atoms with Gasteiger partial charge in [-0.25, -0.2) is 0 Å². The van der Waals surface area contributed by atoms with Gasteiger partial charge in [0.2, 0.25) is 0 Å². The second kappa shape index (κ2) is 9.34. The van der Waals surface area contributed by atoms with Crippen LogP contribution in [0.4, 0.5) is 0 Å². The van der Waals surface area contributed by atoms with E-state index in [2.05, 4.69) is 16.4 Å². The van der Waals surface area contributed by atoms with Crippen molar-refractivity contribution in [3.05, 3.63) is 41.6 Å². The van der Waals surface area contributed by atoms with Gasteiger partial charge in [-0.2, -0.15) is 0 Å². The van der Waals surface area contributed by atoms with E-state index in [-0.39, 0.29) is 6.04 Å². The lowest BCUT2D eigenvalue weighted by Gasteiger charge is -2.28. The lowest BCUT2D eigenvalue weighted by atomic mass is 10.0. The molecule has 1 aromatic heterocycles. The van der Waals surface area contributed by atoms with Crippen molar-refractivity contribution in [3.8, 4) is 0 Å². The van der Waals surface area contributed by atoms with E-state index >= 15 is 0 Å². The van der Waals surface area contributed by atoms with Crippen LogP contribution in [-0.4, -0.2) is 62.5 Å². The van der Waals surface area contributed by atoms with Crippen molar-refractivity contribution in [2.45, 2.75) is 49.2 Å². The second-order valence-corrected chi connectivity index (χ2v) is 8.02. The molecule has 1 aromatic rings. The van der Waals surface area contributed by atoms with Crippen molar-refractivity contribution in [2.75, 3.05) is 13.1 Å². The fraction of sp³-hybridized carbons (Fsp3) is 0.526. The van der Waals surface area contributed by atoms with Gasteiger partial charge in [0.05, 0.1) is 6.04 Å². The number of amides is 2. The fourth-order valence-electron chi connectivity index (χ4n) is 3.49. The van der Waals surface area contributed by atoms with Crippen LogP contribution in [0.25, 0.3) is 0 Å². The molecular weight excluding hydrogens is 366 g/mol. The zero-order chi connectivity index (χ0) is 19.2. The van der Waals surface area contributed by atoms with Crippen molar-refractivity contribution >= 4 is 23.6 Å². The Morgan fingerprint density at radius 1 is 1.30 bits per heavy atom. The number of aliphatic hydroxyl groups is 2. The highest BCUT2D eigenvalue weighted by Gasteiger charge is 2.38. The first-order valence-electron chi connectivity index (χ1n) is 9.22. The molecule has 0 spiro atoms. The molecule has 7 nitrogen and oxygen atoms in total. The molecule has 2 unspecified atom stereocenters. The second-order valence-electron chi connectivity index (χ2n) is 6.81. The van der Waals surface area contributed by atoms with Crippen LogP contribution in [0, 0.1) is 0 Å². The Morgan fingerprint density at radius 2 is 2.07 bits per heavy atom. The van der Waals surface area contributed by atoms with Crippen LogP contribution >= 0.6 is 11.8 Å². The first-order valence-corrected chi connectivity index (χ1v) is 10.2. The summed E-state index contributed by atoms with van der Waals surface area (Å²) in [4.78, 5) is 30.3. The maximum absolute atomic E-state index is 12.7. The van der Waals surface area contributed by atoms with Crippen molar-refractivity contribution in [2.24, 2.45) is 0 Å². The predicted molar refractivity (Wildman–Crippen MR) is 103 cm³/mol. The predicted octanol–water partition coefficient (Wildman–Crippen LogP) is 0.992. The van der Waals surface area contributed by atoms with Crippen LogP contribution in [0.2, 0.25) is 0 Å². The number of thioether (sulfide) groups is 1. The SMILES string of the molecule is O=C(NCCC1CC=CS1)[C@H](O)[C@@H](O)C(=O)N1CCCC1c1ccncc1. The summed E-state index contributed by atoms with van der Waals surface area (Å²) in [5, 5.41) is 25.5. The van der Waals surface area contributed by atoms with Gasteiger partial charge >= 0.3 is 0 Å². The van der Waals surface area contributed by atoms with E-state index in [0.29, 0.717) is 18.3 Å². The normalized spacial score (nSPS) is 24.0. The molecule has 0 bridgehead atoms. The molecular formula is C19H25N3O4S. The Balaban J connectivity index is 1.52. The molecule has 4 atom stereocenters. The summed E-state index contributed by atoms with van der Waals surface area (Å²) in [6.07, 6.45) is 5.19. The van der Waals surface area contributed by atoms with Crippen molar-refractivity contribution in [3.63, 3.8) is 0 Å². The van der Waals surface area contributed by atoms with E-state index in [0.717, 1.165) is 31.2 Å². The van der Waals surface area contributed by atoms with E-state index in [9.17, 15) is 19.8 Å². The Kier molecular flexibility index (Phi) is 6.87. The Morgan fingerprint density at radius 3 is 2.78 bits per heavy atom. The lowest BCUT2D eigenvalue weighted by Crippen LogP contribution is -2.50. The van der Waals surface area contributed by atoms with Gasteiger partial charge in [-0.3, -0.25) is 14.6 Å². The molecule has 2 amide bonds. The van der Waals surface area contributed by atoms with E-state index in [1.54, 1.807) is 24.2 Å². The minimum atomic E-state index is -1.77. The quantitative estimate of drug-likeness (QED) is 0.641. The van der Waals surface area contributed by atoms with Crippen LogP contribution in [-0.2, 0) is 9.59 Å². The third-order valence-electron chi connectivity index (χ3n) is 4.98. The van der Waals surface area contributed by atoms with E-state index in [1.165, 1.54) is 4.90 Å². The van der Waals surface area contributed by atoms with Crippen LogP contribution in [0.1, 0.15) is 37.3 Å². The number of nitrogens with zero attached hydrogens (tertiary/aromatic N) is 2. The lowest BCUT2D eigenvalue weighted by molar-refractivity contribution is -0.153. The number of carbonyl (C=O) groups excluding carboxylic acids is 2. The number of hydrogen-bond donors (Lipinski definition) is 3. The molecule has 1 saturated heterocycles. The van der Waals surface area contributed by atoms with Gasteiger partial charge in [0.15, 0.2) is 12.2 Å². The third-order valence-corrected chi connectivity index (χ3v) is 6.14. The van der Waals surface area contributed by atoms with E-state index in [1.807, 2.05) is 17.5 Å². The summed E-state index contributed by atoms with van der Waals surface area (Å²) >= 11 is 1.72. The van der Waals surface area contributed by atoms with Gasteiger partial charge in [-0.15, -0.1) is 11.8 Å². The summed E-state index contributed by atoms with van der Waals surface area (Å²) in [7, 11) is 0. The Hall–Kier alpha value is -1.90. The van der Waals surface area contributed by atoms with Gasteiger partial charge in [0, 0.05) is 30.7 Å². The molecule has 1 fully saturated rings. The zero-order valence-electron chi connectivity index (χ0n) is 15.0. The first-order chi connectivity index (χ1) is 13.1. The first kappa shape index (κ1) is 19.9. The Labute approximate surface area is 162 Å². The van der Waals surface area contributed by atoms with Crippen LogP contribution in [0.3, 0.4) is 0 Å². The zero-order valence-corrected chi connectivity index (χ0v) is 15.8. The highest BCUT2D eigenvalue weighted by atomic mass is 32.2. The number of nitrogens with one attached hydrogen (secondary N) is 1. The van der Waals surface area contributed by atoms with Crippen molar-refractivity contribution in [1.82, 2.24) is 15.2 Å². The summed E-state index contributed by atoms with van der Waals surface area (Å²) in [5.74, 6) is -1.33. The number of carbonyl (C=O) groups is 2. The number of hydrogen-bond acceptors (Lipinski definition) is 6. The monoisotopic (exact) mass is 391 g/mol. The summed E-state index contributed by atoms with van der Waals surface area (Å²) in [5.41, 5.74) is 0.935. The molecule has 0 aliphatic carbocycles. The van der Waals surface area contributed by atoms with Crippen molar-refractivity contribution in [1.29, 1.82) is 0 Å². The molecule has 3 heterocycles. The molecule has 0 radical (unpaired) electrons. The molecule has 3 rings (SSSR count). The van der Waals surface area contributed by atoms with Gasteiger partial charge in [-0.1, -0.05) is 6.08 Å². The van der Waals surface area contributed by atoms with E-state index < -0.39 is 24.0 Å². The summed E-state index contributed by atoms with van der Waals surface area (Å²) < 4.78 is 0. The van der Waals surface area contributed by atoms with E-state index in [4.69, 9.17) is 0 Å². The molecule has 2 aliphatic rings. The van der Waals surface area contributed by atoms with Gasteiger partial charge in [0.25, 0.3) is 11.8 Å². The molecule has 2 aliphatic heterocycles. The molecule has 3 N–H and O–H groups in total. The van der Waals surface area contributed by atoms with Crippen LogP contribution < -0.4 is 5.32 Å². The molecule has 0 saturated carbocycles. The fourth-order valence-corrected chi connectivity index (χ4v) is 4.41.